The number of hydrogen-bond acceptors (Lipinski definition) is 5. The Hall–Kier alpha value is -2.91. The number of aromatic nitrogens is 4. The highest BCUT2D eigenvalue weighted by Gasteiger charge is 2.21. The van der Waals surface area contributed by atoms with E-state index >= 15 is 0 Å². The number of pyridine rings is 1. The summed E-state index contributed by atoms with van der Waals surface area (Å²) >= 11 is 6.38. The number of nitriles is 1. The van der Waals surface area contributed by atoms with Gasteiger partial charge in [-0.05, 0) is 36.6 Å². The number of nitrogens with zero attached hydrogens (tertiary/aromatic N) is 6. The predicted octanol–water partition coefficient (Wildman–Crippen LogP) is 3.27. The standard InChI is InChI=1S/C17H13ClN6/c18-15-9-13(11-20-17(15)24-21-6-7-22-24)23-8-2-4-14-12(10-19)3-1-5-16(14)23/h1,3,5-7,9,11H,2,4,8H2. The van der Waals surface area contributed by atoms with Gasteiger partial charge in [0.1, 0.15) is 0 Å². The van der Waals surface area contributed by atoms with E-state index in [4.69, 9.17) is 11.6 Å². The van der Waals surface area contributed by atoms with Gasteiger partial charge in [0.05, 0.1) is 40.9 Å². The molecule has 0 radical (unpaired) electrons. The van der Waals surface area contributed by atoms with Gasteiger partial charge in [-0.3, -0.25) is 0 Å². The minimum Gasteiger partial charge on any atom is -0.340 e. The third kappa shape index (κ3) is 2.39. The second kappa shape index (κ2) is 5.95. The van der Waals surface area contributed by atoms with E-state index in [-0.39, 0.29) is 0 Å². The van der Waals surface area contributed by atoms with E-state index in [1.54, 1.807) is 18.6 Å². The molecule has 0 saturated heterocycles. The van der Waals surface area contributed by atoms with E-state index in [1.165, 1.54) is 4.80 Å². The van der Waals surface area contributed by atoms with E-state index in [0.29, 0.717) is 10.8 Å². The van der Waals surface area contributed by atoms with Crippen molar-refractivity contribution >= 4 is 23.0 Å². The van der Waals surface area contributed by atoms with Gasteiger partial charge >= 0.3 is 0 Å². The highest BCUT2D eigenvalue weighted by molar-refractivity contribution is 6.32. The molecule has 0 unspecified atom stereocenters. The Labute approximate surface area is 143 Å². The second-order valence-electron chi connectivity index (χ2n) is 5.49. The van der Waals surface area contributed by atoms with Crippen molar-refractivity contribution in [3.63, 3.8) is 0 Å². The van der Waals surface area contributed by atoms with E-state index in [9.17, 15) is 5.26 Å². The topological polar surface area (TPSA) is 70.6 Å². The number of fused-ring (bicyclic) bond motifs is 1. The van der Waals surface area contributed by atoms with Crippen LogP contribution < -0.4 is 4.90 Å². The minimum atomic E-state index is 0.479. The Bertz CT molecular complexity index is 929. The zero-order valence-corrected chi connectivity index (χ0v) is 13.5. The molecule has 1 aliphatic rings. The zero-order valence-electron chi connectivity index (χ0n) is 12.7. The average Bonchev–Trinajstić information content (AvgIpc) is 3.15. The molecule has 0 spiro atoms. The second-order valence-corrected chi connectivity index (χ2v) is 5.89. The maximum absolute atomic E-state index is 9.32. The Balaban J connectivity index is 1.76. The summed E-state index contributed by atoms with van der Waals surface area (Å²) in [7, 11) is 0. The molecule has 0 amide bonds. The highest BCUT2D eigenvalue weighted by atomic mass is 35.5. The van der Waals surface area contributed by atoms with Crippen LogP contribution in [0, 0.1) is 11.3 Å². The molecule has 7 heteroatoms. The summed E-state index contributed by atoms with van der Waals surface area (Å²) in [5, 5.41) is 17.9. The summed E-state index contributed by atoms with van der Waals surface area (Å²) in [4.78, 5) is 7.96. The molecule has 0 aliphatic carbocycles. The lowest BCUT2D eigenvalue weighted by Gasteiger charge is -2.31. The van der Waals surface area contributed by atoms with E-state index in [0.717, 1.165) is 41.9 Å². The first-order valence-electron chi connectivity index (χ1n) is 7.59. The van der Waals surface area contributed by atoms with Gasteiger partial charge in [0, 0.05) is 12.2 Å². The van der Waals surface area contributed by atoms with Crippen molar-refractivity contribution in [2.45, 2.75) is 12.8 Å². The largest absolute Gasteiger partial charge is 0.340 e. The van der Waals surface area contributed by atoms with Crippen LogP contribution in [-0.2, 0) is 6.42 Å². The maximum Gasteiger partial charge on any atom is 0.193 e. The van der Waals surface area contributed by atoms with Gasteiger partial charge < -0.3 is 4.90 Å². The summed E-state index contributed by atoms with van der Waals surface area (Å²) in [6.07, 6.45) is 6.81. The fraction of sp³-hybridized carbons (Fsp3) is 0.176. The summed E-state index contributed by atoms with van der Waals surface area (Å²) in [6, 6.07) is 9.95. The molecule has 24 heavy (non-hydrogen) atoms. The van der Waals surface area contributed by atoms with Gasteiger partial charge in [0.15, 0.2) is 5.82 Å². The average molecular weight is 337 g/mol. The number of benzene rings is 1. The molecule has 2 aromatic heterocycles. The van der Waals surface area contributed by atoms with Gasteiger partial charge in [0.25, 0.3) is 0 Å². The Morgan fingerprint density at radius 1 is 1.21 bits per heavy atom. The Morgan fingerprint density at radius 2 is 2.04 bits per heavy atom. The molecular weight excluding hydrogens is 324 g/mol. The van der Waals surface area contributed by atoms with Crippen molar-refractivity contribution in [3.8, 4) is 11.9 Å². The van der Waals surface area contributed by atoms with Crippen molar-refractivity contribution in [3.05, 3.63) is 59.0 Å². The van der Waals surface area contributed by atoms with E-state index in [1.807, 2.05) is 24.3 Å². The lowest BCUT2D eigenvalue weighted by molar-refractivity contribution is 0.727. The normalized spacial score (nSPS) is 13.4. The molecule has 0 atom stereocenters. The predicted molar refractivity (Wildman–Crippen MR) is 90.6 cm³/mol. The third-order valence-electron chi connectivity index (χ3n) is 4.10. The number of hydrogen-bond donors (Lipinski definition) is 0. The molecule has 6 nitrogen and oxygen atoms in total. The van der Waals surface area contributed by atoms with Crippen molar-refractivity contribution < 1.29 is 0 Å². The van der Waals surface area contributed by atoms with Crippen LogP contribution in [0.4, 0.5) is 11.4 Å². The summed E-state index contributed by atoms with van der Waals surface area (Å²) in [6.45, 7) is 0.860. The van der Waals surface area contributed by atoms with E-state index < -0.39 is 0 Å². The Morgan fingerprint density at radius 3 is 2.79 bits per heavy atom. The molecule has 0 fully saturated rings. The van der Waals surface area contributed by atoms with Gasteiger partial charge in [0.2, 0.25) is 0 Å². The molecule has 1 aromatic carbocycles. The first-order valence-corrected chi connectivity index (χ1v) is 7.97. The number of halogens is 1. The Kier molecular flexibility index (Phi) is 3.63. The lowest BCUT2D eigenvalue weighted by Crippen LogP contribution is -2.25. The van der Waals surface area contributed by atoms with Gasteiger partial charge in [-0.1, -0.05) is 17.7 Å². The van der Waals surface area contributed by atoms with Crippen LogP contribution >= 0.6 is 11.6 Å². The molecule has 118 valence electrons. The van der Waals surface area contributed by atoms with Gasteiger partial charge in [-0.2, -0.15) is 15.5 Å². The monoisotopic (exact) mass is 336 g/mol. The third-order valence-corrected chi connectivity index (χ3v) is 4.38. The first kappa shape index (κ1) is 14.7. The van der Waals surface area contributed by atoms with Crippen LogP contribution in [0.25, 0.3) is 5.82 Å². The van der Waals surface area contributed by atoms with E-state index in [2.05, 4.69) is 26.2 Å². The fourth-order valence-corrected chi connectivity index (χ4v) is 3.27. The molecule has 4 rings (SSSR count). The van der Waals surface area contributed by atoms with Gasteiger partial charge in [-0.25, -0.2) is 4.98 Å². The van der Waals surface area contributed by atoms with Crippen LogP contribution in [0.3, 0.4) is 0 Å². The number of rotatable bonds is 2. The molecular formula is C17H13ClN6. The molecule has 3 heterocycles. The van der Waals surface area contributed by atoms with Crippen molar-refractivity contribution in [2.75, 3.05) is 11.4 Å². The SMILES string of the molecule is N#Cc1cccc2c1CCCN2c1cnc(-n2nccn2)c(Cl)c1. The van der Waals surface area contributed by atoms with Crippen LogP contribution in [0.1, 0.15) is 17.5 Å². The lowest BCUT2D eigenvalue weighted by atomic mass is 9.96. The minimum absolute atomic E-state index is 0.479. The fourth-order valence-electron chi connectivity index (χ4n) is 3.04. The first-order chi connectivity index (χ1) is 11.8. The van der Waals surface area contributed by atoms with Crippen molar-refractivity contribution in [1.29, 1.82) is 5.26 Å². The quantitative estimate of drug-likeness (QED) is 0.718. The van der Waals surface area contributed by atoms with Crippen LogP contribution in [0.5, 0.6) is 0 Å². The summed E-state index contributed by atoms with van der Waals surface area (Å²) < 4.78 is 0. The van der Waals surface area contributed by atoms with Crippen LogP contribution in [0.2, 0.25) is 5.02 Å². The molecule has 3 aromatic rings. The smallest absolute Gasteiger partial charge is 0.193 e. The number of anilines is 2. The summed E-state index contributed by atoms with van der Waals surface area (Å²) in [5.41, 5.74) is 3.75. The van der Waals surface area contributed by atoms with Crippen LogP contribution in [-0.4, -0.2) is 26.5 Å². The highest BCUT2D eigenvalue weighted by Crippen LogP contribution is 2.36. The zero-order chi connectivity index (χ0) is 16.5. The molecule has 0 N–H and O–H groups in total. The molecule has 0 saturated carbocycles. The summed E-state index contributed by atoms with van der Waals surface area (Å²) in [5.74, 6) is 0.494. The molecule has 0 bridgehead atoms. The molecule has 1 aliphatic heterocycles. The van der Waals surface area contributed by atoms with Crippen molar-refractivity contribution in [2.24, 2.45) is 0 Å². The van der Waals surface area contributed by atoms with Gasteiger partial charge in [-0.15, -0.1) is 4.80 Å². The van der Waals surface area contributed by atoms with Crippen LogP contribution in [0.15, 0.2) is 42.9 Å². The maximum atomic E-state index is 9.32. The van der Waals surface area contributed by atoms with Crippen molar-refractivity contribution in [1.82, 2.24) is 20.0 Å².